The molecule has 110 valence electrons. The average molecular weight is 301 g/mol. The summed E-state index contributed by atoms with van der Waals surface area (Å²) in [6.45, 7) is 1.81. The number of rotatable bonds is 8. The molecule has 0 saturated heterocycles. The Morgan fingerprint density at radius 1 is 1.35 bits per heavy atom. The topological polar surface area (TPSA) is 129 Å². The van der Waals surface area contributed by atoms with E-state index in [2.05, 4.69) is 14.9 Å². The highest BCUT2D eigenvalue weighted by atomic mass is 32.1. The number of nitrogens with one attached hydrogen (secondary N) is 1. The molecule has 1 rings (SSSR count). The Morgan fingerprint density at radius 3 is 2.60 bits per heavy atom. The smallest absolute Gasteiger partial charge is 0.326 e. The summed E-state index contributed by atoms with van der Waals surface area (Å²) in [7, 11) is 0. The monoisotopic (exact) mass is 301 g/mol. The first-order valence-electron chi connectivity index (χ1n) is 6.02. The minimum Gasteiger partial charge on any atom is -0.481 e. The van der Waals surface area contributed by atoms with Crippen molar-refractivity contribution in [2.24, 2.45) is 0 Å². The van der Waals surface area contributed by atoms with Crippen LogP contribution in [0.25, 0.3) is 0 Å². The first kappa shape index (κ1) is 16.0. The largest absolute Gasteiger partial charge is 0.481 e. The first-order chi connectivity index (χ1) is 9.45. The van der Waals surface area contributed by atoms with Gasteiger partial charge in [0.1, 0.15) is 10.9 Å². The highest BCUT2D eigenvalue weighted by Crippen LogP contribution is 2.12. The van der Waals surface area contributed by atoms with E-state index in [1.54, 1.807) is 0 Å². The average Bonchev–Trinajstić information content (AvgIpc) is 2.85. The molecule has 20 heavy (non-hydrogen) atoms. The van der Waals surface area contributed by atoms with Crippen LogP contribution >= 0.6 is 11.5 Å². The molecule has 1 atom stereocenters. The maximum absolute atomic E-state index is 11.9. The van der Waals surface area contributed by atoms with Crippen molar-refractivity contribution in [2.75, 3.05) is 0 Å². The van der Waals surface area contributed by atoms with E-state index >= 15 is 0 Å². The van der Waals surface area contributed by atoms with Gasteiger partial charge in [-0.2, -0.15) is 0 Å². The van der Waals surface area contributed by atoms with E-state index in [9.17, 15) is 14.4 Å². The molecule has 0 aliphatic rings. The Labute approximate surface area is 119 Å². The van der Waals surface area contributed by atoms with Gasteiger partial charge >= 0.3 is 11.9 Å². The lowest BCUT2D eigenvalue weighted by molar-refractivity contribution is -0.140. The zero-order valence-corrected chi connectivity index (χ0v) is 11.6. The molecular formula is C11H15N3O5S. The third-order valence-corrected chi connectivity index (χ3v) is 3.35. The number of amides is 1. The molecule has 8 nitrogen and oxygen atoms in total. The second-order valence-electron chi connectivity index (χ2n) is 4.05. The zero-order chi connectivity index (χ0) is 15.1. The third-order valence-electron chi connectivity index (χ3n) is 2.58. The van der Waals surface area contributed by atoms with Crippen LogP contribution in [0, 0.1) is 0 Å². The predicted molar refractivity (Wildman–Crippen MR) is 69.7 cm³/mol. The van der Waals surface area contributed by atoms with E-state index in [4.69, 9.17) is 10.2 Å². The molecule has 0 aliphatic carbocycles. The van der Waals surface area contributed by atoms with Crippen LogP contribution in [0.1, 0.15) is 41.6 Å². The van der Waals surface area contributed by atoms with Crippen LogP contribution in [0.15, 0.2) is 0 Å². The highest BCUT2D eigenvalue weighted by molar-refractivity contribution is 7.08. The molecular weight excluding hydrogens is 286 g/mol. The minimum absolute atomic E-state index is 0.0566. The number of aryl methyl sites for hydroxylation is 1. The summed E-state index contributed by atoms with van der Waals surface area (Å²) >= 11 is 0.904. The quantitative estimate of drug-likeness (QED) is 0.638. The van der Waals surface area contributed by atoms with Crippen LogP contribution in [-0.2, 0) is 16.0 Å². The molecule has 9 heteroatoms. The molecule has 0 unspecified atom stereocenters. The lowest BCUT2D eigenvalue weighted by Crippen LogP contribution is -2.40. The van der Waals surface area contributed by atoms with E-state index in [1.807, 2.05) is 6.92 Å². The fourth-order valence-corrected chi connectivity index (χ4v) is 2.20. The fourth-order valence-electron chi connectivity index (χ4n) is 1.55. The highest BCUT2D eigenvalue weighted by Gasteiger charge is 2.23. The molecule has 0 fully saturated rings. The first-order valence-corrected chi connectivity index (χ1v) is 6.79. The van der Waals surface area contributed by atoms with Gasteiger partial charge in [0, 0.05) is 6.42 Å². The Kier molecular flexibility index (Phi) is 6.04. The molecule has 0 bridgehead atoms. The van der Waals surface area contributed by atoms with Gasteiger partial charge in [-0.15, -0.1) is 5.10 Å². The number of carbonyl (C=O) groups is 3. The predicted octanol–water partition coefficient (Wildman–Crippen LogP) is 0.538. The number of hydrogen-bond donors (Lipinski definition) is 3. The number of carboxylic acid groups (broad SMARTS) is 2. The summed E-state index contributed by atoms with van der Waals surface area (Å²) < 4.78 is 3.66. The van der Waals surface area contributed by atoms with Crippen molar-refractivity contribution < 1.29 is 24.6 Å². The van der Waals surface area contributed by atoms with Gasteiger partial charge in [-0.05, 0) is 30.8 Å². The molecule has 0 aromatic carbocycles. The van der Waals surface area contributed by atoms with E-state index in [0.29, 0.717) is 12.1 Å². The van der Waals surface area contributed by atoms with Crippen molar-refractivity contribution in [3.63, 3.8) is 0 Å². The molecule has 1 aromatic heterocycles. The summed E-state index contributed by atoms with van der Waals surface area (Å²) in [6, 6.07) is -1.12. The third kappa shape index (κ3) is 4.57. The maximum atomic E-state index is 11.9. The maximum Gasteiger partial charge on any atom is 0.326 e. The SMILES string of the molecule is CCc1nnsc1C(=O)N[C@H](CCCC(=O)O)C(=O)O. The second-order valence-corrected chi connectivity index (χ2v) is 4.81. The van der Waals surface area contributed by atoms with Gasteiger partial charge in [0.05, 0.1) is 5.69 Å². The van der Waals surface area contributed by atoms with E-state index in [-0.39, 0.29) is 24.1 Å². The van der Waals surface area contributed by atoms with Gasteiger partial charge in [-0.1, -0.05) is 11.4 Å². The number of hydrogen-bond acceptors (Lipinski definition) is 6. The van der Waals surface area contributed by atoms with Crippen molar-refractivity contribution >= 4 is 29.4 Å². The summed E-state index contributed by atoms with van der Waals surface area (Å²) in [6.07, 6.45) is 0.618. The number of nitrogens with zero attached hydrogens (tertiary/aromatic N) is 2. The minimum atomic E-state index is -1.20. The van der Waals surface area contributed by atoms with Gasteiger partial charge in [0.2, 0.25) is 0 Å². The van der Waals surface area contributed by atoms with E-state index in [1.165, 1.54) is 0 Å². The van der Waals surface area contributed by atoms with Gasteiger partial charge < -0.3 is 15.5 Å². The number of aliphatic carboxylic acids is 2. The summed E-state index contributed by atoms with van der Waals surface area (Å²) in [4.78, 5) is 33.7. The molecule has 0 aliphatic heterocycles. The van der Waals surface area contributed by atoms with Crippen LogP contribution in [0.4, 0.5) is 0 Å². The summed E-state index contributed by atoms with van der Waals surface area (Å²) in [5.41, 5.74) is 0.516. The standard InChI is InChI=1S/C11H15N3O5S/c1-2-6-9(20-14-13-6)10(17)12-7(11(18)19)4-3-5-8(15)16/h7H,2-5H2,1H3,(H,12,17)(H,15,16)(H,18,19)/t7-/m1/s1. The fraction of sp³-hybridized carbons (Fsp3) is 0.545. The molecule has 0 radical (unpaired) electrons. The number of carbonyl (C=O) groups excluding carboxylic acids is 1. The van der Waals surface area contributed by atoms with Gasteiger partial charge in [-0.3, -0.25) is 9.59 Å². The van der Waals surface area contributed by atoms with Crippen LogP contribution in [0.5, 0.6) is 0 Å². The lowest BCUT2D eigenvalue weighted by atomic mass is 10.1. The van der Waals surface area contributed by atoms with Crippen LogP contribution in [0.2, 0.25) is 0 Å². The second kappa shape index (κ2) is 7.53. The lowest BCUT2D eigenvalue weighted by Gasteiger charge is -2.13. The van der Waals surface area contributed by atoms with Gasteiger partial charge in [-0.25, -0.2) is 4.79 Å². The van der Waals surface area contributed by atoms with Crippen molar-refractivity contribution in [3.8, 4) is 0 Å². The molecule has 0 spiro atoms. The van der Waals surface area contributed by atoms with E-state index < -0.39 is 23.9 Å². The molecule has 3 N–H and O–H groups in total. The Morgan fingerprint density at radius 2 is 2.05 bits per heavy atom. The van der Waals surface area contributed by atoms with E-state index in [0.717, 1.165) is 11.5 Å². The Bertz CT molecular complexity index is 502. The molecule has 1 amide bonds. The van der Waals surface area contributed by atoms with Crippen LogP contribution < -0.4 is 5.32 Å². The van der Waals surface area contributed by atoms with Crippen molar-refractivity contribution in [3.05, 3.63) is 10.6 Å². The summed E-state index contributed by atoms with van der Waals surface area (Å²) in [5, 5.41) is 23.7. The van der Waals surface area contributed by atoms with Crippen molar-refractivity contribution in [1.29, 1.82) is 0 Å². The Balaban J connectivity index is 2.63. The normalized spacial score (nSPS) is 11.8. The molecule has 1 aromatic rings. The van der Waals surface area contributed by atoms with Crippen LogP contribution in [-0.4, -0.2) is 43.7 Å². The number of aromatic nitrogens is 2. The van der Waals surface area contributed by atoms with Crippen molar-refractivity contribution in [1.82, 2.24) is 14.9 Å². The Hall–Kier alpha value is -2.03. The van der Waals surface area contributed by atoms with Gasteiger partial charge in [0.15, 0.2) is 0 Å². The molecule has 0 saturated carbocycles. The van der Waals surface area contributed by atoms with Crippen LogP contribution in [0.3, 0.4) is 0 Å². The number of carboxylic acids is 2. The van der Waals surface area contributed by atoms with Gasteiger partial charge in [0.25, 0.3) is 5.91 Å². The van der Waals surface area contributed by atoms with Crippen molar-refractivity contribution in [2.45, 2.75) is 38.6 Å². The molecule has 1 heterocycles. The zero-order valence-electron chi connectivity index (χ0n) is 10.8. The summed E-state index contributed by atoms with van der Waals surface area (Å²) in [5.74, 6) is -2.74.